The summed E-state index contributed by atoms with van der Waals surface area (Å²) in [6.07, 6.45) is 0. The molecule has 30 heavy (non-hydrogen) atoms. The van der Waals surface area contributed by atoms with Crippen LogP contribution in [0.2, 0.25) is 0 Å². The minimum Gasteiger partial charge on any atom is -0.435 e. The number of hydrogen-bond acceptors (Lipinski definition) is 8. The number of hydrogen-bond donors (Lipinski definition) is 2. The van der Waals surface area contributed by atoms with Crippen LogP contribution in [0.4, 0.5) is 19.6 Å². The Hall–Kier alpha value is -3.05. The number of imide groups is 1. The Kier molecular flexibility index (Phi) is 7.31. The molecule has 0 aliphatic carbocycles. The lowest BCUT2D eigenvalue weighted by molar-refractivity contribution is -0.117. The molecule has 2 aromatic carbocycles. The average Bonchev–Trinajstić information content (AvgIpc) is 3.14. The van der Waals surface area contributed by atoms with E-state index in [0.717, 1.165) is 23.0 Å². The van der Waals surface area contributed by atoms with Crippen LogP contribution in [0.25, 0.3) is 0 Å². The van der Waals surface area contributed by atoms with Gasteiger partial charge in [-0.2, -0.15) is 8.78 Å². The first-order valence-electron chi connectivity index (χ1n) is 8.58. The first-order chi connectivity index (χ1) is 14.4. The van der Waals surface area contributed by atoms with Gasteiger partial charge in [0.25, 0.3) is 5.91 Å². The van der Waals surface area contributed by atoms with Crippen molar-refractivity contribution in [1.29, 1.82) is 0 Å². The zero-order chi connectivity index (χ0) is 21.5. The van der Waals surface area contributed by atoms with Gasteiger partial charge in [-0.3, -0.25) is 14.9 Å². The lowest BCUT2D eigenvalue weighted by Crippen LogP contribution is -2.31. The maximum absolute atomic E-state index is 12.1. The van der Waals surface area contributed by atoms with Crippen molar-refractivity contribution in [3.05, 3.63) is 59.7 Å². The van der Waals surface area contributed by atoms with Crippen molar-refractivity contribution in [2.24, 2.45) is 0 Å². The van der Waals surface area contributed by atoms with Gasteiger partial charge in [0.05, 0.1) is 5.75 Å². The molecule has 0 radical (unpaired) electrons. The number of carbonyl (C=O) groups is 2. The molecule has 156 valence electrons. The summed E-state index contributed by atoms with van der Waals surface area (Å²) in [5.41, 5.74) is 2.14. The highest BCUT2D eigenvalue weighted by Gasteiger charge is 2.13. The molecule has 1 aromatic heterocycles. The lowest BCUT2D eigenvalue weighted by Gasteiger charge is -2.06. The van der Waals surface area contributed by atoms with Crippen molar-refractivity contribution in [2.75, 3.05) is 11.1 Å². The van der Waals surface area contributed by atoms with Crippen LogP contribution in [-0.4, -0.2) is 34.4 Å². The second kappa shape index (κ2) is 10.1. The number of benzene rings is 2. The lowest BCUT2D eigenvalue weighted by atomic mass is 10.2. The van der Waals surface area contributed by atoms with E-state index >= 15 is 0 Å². The fraction of sp³-hybridized carbons (Fsp3) is 0.158. The Morgan fingerprint density at radius 3 is 2.63 bits per heavy atom. The number of aryl methyl sites for hydroxylation is 1. The van der Waals surface area contributed by atoms with Gasteiger partial charge in [-0.25, -0.2) is 0 Å². The van der Waals surface area contributed by atoms with Gasteiger partial charge in [0, 0.05) is 11.3 Å². The van der Waals surface area contributed by atoms with Gasteiger partial charge >= 0.3 is 6.61 Å². The van der Waals surface area contributed by atoms with Crippen molar-refractivity contribution >= 4 is 45.7 Å². The highest BCUT2D eigenvalue weighted by molar-refractivity contribution is 8.01. The number of amides is 2. The van der Waals surface area contributed by atoms with Crippen molar-refractivity contribution < 1.29 is 23.1 Å². The number of aromatic nitrogens is 2. The molecule has 0 aliphatic heterocycles. The van der Waals surface area contributed by atoms with Crippen molar-refractivity contribution in [3.8, 4) is 5.75 Å². The number of ether oxygens (including phenoxy) is 1. The fourth-order valence-corrected chi connectivity index (χ4v) is 3.89. The van der Waals surface area contributed by atoms with Crippen LogP contribution >= 0.6 is 23.1 Å². The van der Waals surface area contributed by atoms with E-state index in [1.165, 1.54) is 35.6 Å². The molecule has 0 atom stereocenters. The number of thioether (sulfide) groups is 1. The van der Waals surface area contributed by atoms with E-state index in [2.05, 4.69) is 25.6 Å². The quantitative estimate of drug-likeness (QED) is 0.496. The first kappa shape index (κ1) is 21.7. The zero-order valence-electron chi connectivity index (χ0n) is 15.6. The van der Waals surface area contributed by atoms with E-state index in [9.17, 15) is 18.4 Å². The summed E-state index contributed by atoms with van der Waals surface area (Å²) in [4.78, 5) is 24.1. The van der Waals surface area contributed by atoms with Gasteiger partial charge in [-0.1, -0.05) is 35.2 Å². The summed E-state index contributed by atoms with van der Waals surface area (Å²) < 4.78 is 29.1. The molecule has 0 aliphatic rings. The third-order valence-electron chi connectivity index (χ3n) is 3.60. The Labute approximate surface area is 178 Å². The highest BCUT2D eigenvalue weighted by Crippen LogP contribution is 2.27. The van der Waals surface area contributed by atoms with E-state index in [1.807, 2.05) is 31.2 Å². The van der Waals surface area contributed by atoms with Gasteiger partial charge in [-0.05, 0) is 48.9 Å². The van der Waals surface area contributed by atoms with E-state index in [1.54, 1.807) is 0 Å². The van der Waals surface area contributed by atoms with E-state index in [0.29, 0.717) is 9.47 Å². The number of nitrogens with zero attached hydrogens (tertiary/aromatic N) is 2. The zero-order valence-corrected chi connectivity index (χ0v) is 17.2. The average molecular weight is 450 g/mol. The summed E-state index contributed by atoms with van der Waals surface area (Å²) in [6, 6.07) is 12.8. The fourth-order valence-electron chi connectivity index (χ4n) is 2.31. The molecule has 11 heteroatoms. The summed E-state index contributed by atoms with van der Waals surface area (Å²) in [5, 5.41) is 14.0. The van der Waals surface area contributed by atoms with Gasteiger partial charge in [0.15, 0.2) is 4.34 Å². The molecule has 0 fully saturated rings. The van der Waals surface area contributed by atoms with Crippen LogP contribution in [0.3, 0.4) is 0 Å². The minimum atomic E-state index is -2.95. The third-order valence-corrected chi connectivity index (χ3v) is 5.57. The summed E-state index contributed by atoms with van der Waals surface area (Å²) in [7, 11) is 0. The van der Waals surface area contributed by atoms with Crippen LogP contribution in [0, 0.1) is 6.92 Å². The molecule has 7 nitrogen and oxygen atoms in total. The predicted octanol–water partition coefficient (Wildman–Crippen LogP) is 4.24. The number of halogens is 2. The van der Waals surface area contributed by atoms with E-state index < -0.39 is 18.4 Å². The van der Waals surface area contributed by atoms with Crippen LogP contribution in [-0.2, 0) is 4.79 Å². The van der Waals surface area contributed by atoms with Crippen LogP contribution in [0.15, 0.2) is 52.9 Å². The standard InChI is InChI=1S/C19H16F2N4O3S2/c1-11-3-2-4-13(9-11)22-18-24-25-19(30-18)29-10-15(26)23-16(27)12-5-7-14(8-6-12)28-17(20)21/h2-9,17H,10H2,1H3,(H,22,24)(H,23,26,27). The number of nitrogens with one attached hydrogen (secondary N) is 2. The van der Waals surface area contributed by atoms with E-state index in [-0.39, 0.29) is 17.1 Å². The van der Waals surface area contributed by atoms with Gasteiger partial charge < -0.3 is 10.1 Å². The molecule has 0 saturated carbocycles. The van der Waals surface area contributed by atoms with Gasteiger partial charge in [0.2, 0.25) is 11.0 Å². The maximum atomic E-state index is 12.1. The third kappa shape index (κ3) is 6.49. The first-order valence-corrected chi connectivity index (χ1v) is 10.4. The topological polar surface area (TPSA) is 93.2 Å². The highest BCUT2D eigenvalue weighted by atomic mass is 32.2. The molecule has 0 unspecified atom stereocenters. The van der Waals surface area contributed by atoms with Crippen molar-refractivity contribution in [1.82, 2.24) is 15.5 Å². The Bertz CT molecular complexity index is 1030. The predicted molar refractivity (Wildman–Crippen MR) is 111 cm³/mol. The smallest absolute Gasteiger partial charge is 0.387 e. The largest absolute Gasteiger partial charge is 0.435 e. The SMILES string of the molecule is Cc1cccc(Nc2nnc(SCC(=O)NC(=O)c3ccc(OC(F)F)cc3)s2)c1. The van der Waals surface area contributed by atoms with Crippen molar-refractivity contribution in [2.45, 2.75) is 17.9 Å². The Morgan fingerprint density at radius 1 is 1.17 bits per heavy atom. The molecule has 3 aromatic rings. The van der Waals surface area contributed by atoms with Gasteiger partial charge in [-0.15, -0.1) is 10.2 Å². The monoisotopic (exact) mass is 450 g/mol. The summed E-state index contributed by atoms with van der Waals surface area (Å²) in [6.45, 7) is -0.964. The number of rotatable bonds is 8. The molecule has 1 heterocycles. The van der Waals surface area contributed by atoms with Gasteiger partial charge in [0.1, 0.15) is 5.75 Å². The van der Waals surface area contributed by atoms with Crippen LogP contribution < -0.4 is 15.4 Å². The molecule has 2 amide bonds. The second-order valence-corrected chi connectivity index (χ2v) is 8.14. The molecule has 0 bridgehead atoms. The van der Waals surface area contributed by atoms with Crippen LogP contribution in [0.1, 0.15) is 15.9 Å². The second-order valence-electron chi connectivity index (χ2n) is 5.94. The molecule has 2 N–H and O–H groups in total. The summed E-state index contributed by atoms with van der Waals surface area (Å²) >= 11 is 2.43. The summed E-state index contributed by atoms with van der Waals surface area (Å²) in [5.74, 6) is -1.25. The number of alkyl halides is 2. The minimum absolute atomic E-state index is 0.0304. The maximum Gasteiger partial charge on any atom is 0.387 e. The Balaban J connectivity index is 1.47. The molecule has 0 spiro atoms. The molecule has 3 rings (SSSR count). The van der Waals surface area contributed by atoms with E-state index in [4.69, 9.17) is 0 Å². The molecular formula is C19H16F2N4O3S2. The normalized spacial score (nSPS) is 10.7. The van der Waals surface area contributed by atoms with Crippen LogP contribution in [0.5, 0.6) is 5.75 Å². The molecule has 0 saturated heterocycles. The van der Waals surface area contributed by atoms with Crippen molar-refractivity contribution in [3.63, 3.8) is 0 Å². The number of carbonyl (C=O) groups excluding carboxylic acids is 2. The molecular weight excluding hydrogens is 434 g/mol. The Morgan fingerprint density at radius 2 is 1.93 bits per heavy atom. The number of anilines is 2.